The molecule has 1 atom stereocenters. The number of carbonyl (C=O) groups excluding carboxylic acids is 2. The van der Waals surface area contributed by atoms with Gasteiger partial charge in [0.25, 0.3) is 5.91 Å². The number of methoxy groups -OCH3 is 1. The molecule has 4 nitrogen and oxygen atoms in total. The Balaban J connectivity index is 2.92. The van der Waals surface area contributed by atoms with Crippen molar-refractivity contribution in [1.82, 2.24) is 5.32 Å². The van der Waals surface area contributed by atoms with Crippen LogP contribution < -0.4 is 5.32 Å². The number of hydrogen-bond acceptors (Lipinski definition) is 3. The fraction of sp³-hybridized carbons (Fsp3) is 0.429. The Kier molecular flexibility index (Phi) is 4.48. The predicted molar refractivity (Wildman–Crippen MR) is 69.2 cm³/mol. The minimum absolute atomic E-state index is 0.0717. The number of esters is 1. The zero-order chi connectivity index (χ0) is 13.8. The average molecular weight is 249 g/mol. The number of ether oxygens (including phenoxy) is 1. The average Bonchev–Trinajstić information content (AvgIpc) is 2.38. The summed E-state index contributed by atoms with van der Waals surface area (Å²) in [5.74, 6) is -0.795. The molecular weight excluding hydrogens is 230 g/mol. The molecule has 1 N–H and O–H groups in total. The van der Waals surface area contributed by atoms with E-state index < -0.39 is 11.5 Å². The van der Waals surface area contributed by atoms with Gasteiger partial charge in [0.15, 0.2) is 0 Å². The highest BCUT2D eigenvalue weighted by Crippen LogP contribution is 2.19. The lowest BCUT2D eigenvalue weighted by Crippen LogP contribution is -2.56. The van der Waals surface area contributed by atoms with Gasteiger partial charge in [-0.2, -0.15) is 0 Å². The summed E-state index contributed by atoms with van der Waals surface area (Å²) in [5.41, 5.74) is -0.505. The zero-order valence-electron chi connectivity index (χ0n) is 11.2. The smallest absolute Gasteiger partial charge is 0.331 e. The first-order valence-electron chi connectivity index (χ1n) is 5.87. The summed E-state index contributed by atoms with van der Waals surface area (Å²) < 4.78 is 4.76. The first-order valence-corrected chi connectivity index (χ1v) is 5.87. The monoisotopic (exact) mass is 249 g/mol. The fourth-order valence-electron chi connectivity index (χ4n) is 1.54. The third-order valence-corrected chi connectivity index (χ3v) is 3.17. The lowest BCUT2D eigenvalue weighted by molar-refractivity contribution is -0.149. The summed E-state index contributed by atoms with van der Waals surface area (Å²) in [6.45, 7) is 5.40. The summed E-state index contributed by atoms with van der Waals surface area (Å²) in [5, 5.41) is 2.75. The SMILES string of the molecule is COC(=O)[C@](C)(NC(=O)c1ccccc1)C(C)C. The van der Waals surface area contributed by atoms with Crippen LogP contribution in [-0.2, 0) is 9.53 Å². The van der Waals surface area contributed by atoms with Crippen molar-refractivity contribution in [1.29, 1.82) is 0 Å². The van der Waals surface area contributed by atoms with Crippen LogP contribution in [-0.4, -0.2) is 24.5 Å². The second-order valence-corrected chi connectivity index (χ2v) is 4.67. The Morgan fingerprint density at radius 3 is 2.22 bits per heavy atom. The van der Waals surface area contributed by atoms with E-state index in [9.17, 15) is 9.59 Å². The van der Waals surface area contributed by atoms with E-state index in [1.54, 1.807) is 31.2 Å². The number of hydrogen-bond donors (Lipinski definition) is 1. The maximum atomic E-state index is 12.1. The van der Waals surface area contributed by atoms with Gasteiger partial charge in [-0.15, -0.1) is 0 Å². The molecule has 18 heavy (non-hydrogen) atoms. The van der Waals surface area contributed by atoms with E-state index in [4.69, 9.17) is 4.74 Å². The van der Waals surface area contributed by atoms with Crippen LogP contribution in [0.5, 0.6) is 0 Å². The minimum Gasteiger partial charge on any atom is -0.467 e. The number of amides is 1. The molecule has 0 aromatic heterocycles. The van der Waals surface area contributed by atoms with Crippen molar-refractivity contribution in [3.63, 3.8) is 0 Å². The molecule has 0 radical (unpaired) electrons. The van der Waals surface area contributed by atoms with Gasteiger partial charge in [0.2, 0.25) is 0 Å². The van der Waals surface area contributed by atoms with E-state index in [1.165, 1.54) is 7.11 Å². The second kappa shape index (κ2) is 5.67. The Morgan fingerprint density at radius 2 is 1.78 bits per heavy atom. The lowest BCUT2D eigenvalue weighted by atomic mass is 9.88. The van der Waals surface area contributed by atoms with Crippen LogP contribution in [0.15, 0.2) is 30.3 Å². The van der Waals surface area contributed by atoms with Crippen molar-refractivity contribution >= 4 is 11.9 Å². The molecule has 1 amide bonds. The first kappa shape index (κ1) is 14.2. The van der Waals surface area contributed by atoms with Gasteiger partial charge < -0.3 is 10.1 Å². The fourth-order valence-corrected chi connectivity index (χ4v) is 1.54. The van der Waals surface area contributed by atoms with Crippen LogP contribution in [0.2, 0.25) is 0 Å². The quantitative estimate of drug-likeness (QED) is 0.830. The molecule has 98 valence electrons. The second-order valence-electron chi connectivity index (χ2n) is 4.67. The van der Waals surface area contributed by atoms with Gasteiger partial charge in [-0.3, -0.25) is 4.79 Å². The molecule has 0 bridgehead atoms. The minimum atomic E-state index is -1.03. The maximum absolute atomic E-state index is 12.1. The third kappa shape index (κ3) is 2.88. The molecule has 1 aromatic rings. The molecule has 0 saturated heterocycles. The lowest BCUT2D eigenvalue weighted by Gasteiger charge is -2.31. The number of nitrogens with one attached hydrogen (secondary N) is 1. The number of carbonyl (C=O) groups is 2. The van der Waals surface area contributed by atoms with E-state index in [2.05, 4.69) is 5.32 Å². The largest absolute Gasteiger partial charge is 0.467 e. The predicted octanol–water partition coefficient (Wildman–Crippen LogP) is 2.00. The molecule has 0 aliphatic carbocycles. The van der Waals surface area contributed by atoms with Crippen molar-refractivity contribution in [3.05, 3.63) is 35.9 Å². The Bertz CT molecular complexity index is 428. The van der Waals surface area contributed by atoms with E-state index in [0.29, 0.717) is 5.56 Å². The van der Waals surface area contributed by atoms with Gasteiger partial charge >= 0.3 is 5.97 Å². The van der Waals surface area contributed by atoms with Gasteiger partial charge in [0.05, 0.1) is 7.11 Å². The van der Waals surface area contributed by atoms with Crippen molar-refractivity contribution in [2.45, 2.75) is 26.3 Å². The number of benzene rings is 1. The topological polar surface area (TPSA) is 55.4 Å². The molecule has 4 heteroatoms. The maximum Gasteiger partial charge on any atom is 0.331 e. The van der Waals surface area contributed by atoms with Gasteiger partial charge in [-0.1, -0.05) is 32.0 Å². The van der Waals surface area contributed by atoms with E-state index in [1.807, 2.05) is 19.9 Å². The van der Waals surface area contributed by atoms with Crippen molar-refractivity contribution in [2.24, 2.45) is 5.92 Å². The third-order valence-electron chi connectivity index (χ3n) is 3.17. The summed E-state index contributed by atoms with van der Waals surface area (Å²) in [4.78, 5) is 23.9. The highest BCUT2D eigenvalue weighted by atomic mass is 16.5. The molecule has 0 spiro atoms. The molecule has 0 fully saturated rings. The molecule has 0 heterocycles. The van der Waals surface area contributed by atoms with E-state index >= 15 is 0 Å². The van der Waals surface area contributed by atoms with E-state index in [-0.39, 0.29) is 11.8 Å². The van der Waals surface area contributed by atoms with Gasteiger partial charge in [0.1, 0.15) is 5.54 Å². The molecule has 0 aliphatic rings. The van der Waals surface area contributed by atoms with E-state index in [0.717, 1.165) is 0 Å². The van der Waals surface area contributed by atoms with Crippen LogP contribution in [0.4, 0.5) is 0 Å². The zero-order valence-corrected chi connectivity index (χ0v) is 11.2. The highest BCUT2D eigenvalue weighted by Gasteiger charge is 2.39. The first-order chi connectivity index (χ1) is 8.41. The number of rotatable bonds is 4. The highest BCUT2D eigenvalue weighted by molar-refractivity contribution is 5.98. The molecular formula is C14H19NO3. The summed E-state index contributed by atoms with van der Waals surface area (Å²) >= 11 is 0. The van der Waals surface area contributed by atoms with Crippen LogP contribution >= 0.6 is 0 Å². The van der Waals surface area contributed by atoms with Gasteiger partial charge in [0, 0.05) is 5.56 Å². The van der Waals surface area contributed by atoms with Crippen LogP contribution in [0.3, 0.4) is 0 Å². The van der Waals surface area contributed by atoms with Gasteiger partial charge in [-0.25, -0.2) is 4.79 Å². The molecule has 0 aliphatic heterocycles. The van der Waals surface area contributed by atoms with Crippen LogP contribution in [0.1, 0.15) is 31.1 Å². The van der Waals surface area contributed by atoms with Crippen LogP contribution in [0.25, 0.3) is 0 Å². The standard InChI is InChI=1S/C14H19NO3/c1-10(2)14(3,13(17)18-4)15-12(16)11-8-6-5-7-9-11/h5-10H,1-4H3,(H,15,16)/t14-/m1/s1. The van der Waals surface area contributed by atoms with Gasteiger partial charge in [-0.05, 0) is 25.0 Å². The normalized spacial score (nSPS) is 13.8. The molecule has 1 rings (SSSR count). The summed E-state index contributed by atoms with van der Waals surface area (Å²) in [6, 6.07) is 8.79. The van der Waals surface area contributed by atoms with Crippen molar-refractivity contribution < 1.29 is 14.3 Å². The summed E-state index contributed by atoms with van der Waals surface area (Å²) in [6.07, 6.45) is 0. The van der Waals surface area contributed by atoms with Crippen molar-refractivity contribution in [2.75, 3.05) is 7.11 Å². The van der Waals surface area contributed by atoms with Crippen LogP contribution in [0, 0.1) is 5.92 Å². The Morgan fingerprint density at radius 1 is 1.22 bits per heavy atom. The van der Waals surface area contributed by atoms with Crippen molar-refractivity contribution in [3.8, 4) is 0 Å². The molecule has 1 aromatic carbocycles. The Labute approximate surface area is 107 Å². The summed E-state index contributed by atoms with van der Waals surface area (Å²) in [7, 11) is 1.32. The Hall–Kier alpha value is -1.84. The molecule has 0 unspecified atom stereocenters. The molecule has 0 saturated carbocycles.